The maximum atomic E-state index is 11.3. The second-order valence-corrected chi connectivity index (χ2v) is 5.29. The highest BCUT2D eigenvalue weighted by molar-refractivity contribution is 6.33. The van der Waals surface area contributed by atoms with E-state index in [1.165, 1.54) is 4.90 Å². The Morgan fingerprint density at radius 2 is 2.00 bits per heavy atom. The van der Waals surface area contributed by atoms with Crippen LogP contribution in [0.4, 0.5) is 11.4 Å². The van der Waals surface area contributed by atoms with E-state index in [4.69, 9.17) is 11.6 Å². The van der Waals surface area contributed by atoms with Crippen LogP contribution in [0, 0.1) is 10.1 Å². The van der Waals surface area contributed by atoms with E-state index in [0.717, 1.165) is 0 Å². The van der Waals surface area contributed by atoms with Crippen LogP contribution < -0.4 is 4.90 Å². The Morgan fingerprint density at radius 1 is 1.40 bits per heavy atom. The number of fused-ring (bicyclic) bond motifs is 1. The zero-order valence-corrected chi connectivity index (χ0v) is 12.0. The number of benzene rings is 1. The topological polar surface area (TPSA) is 79.5 Å². The Kier molecular flexibility index (Phi) is 3.54. The molecule has 0 saturated heterocycles. The summed E-state index contributed by atoms with van der Waals surface area (Å²) in [6.07, 6.45) is 0. The highest BCUT2D eigenvalue weighted by Gasteiger charge is 2.31. The van der Waals surface area contributed by atoms with E-state index in [-0.39, 0.29) is 16.5 Å². The number of rotatable bonds is 3. The van der Waals surface area contributed by atoms with Crippen molar-refractivity contribution in [3.63, 3.8) is 0 Å². The van der Waals surface area contributed by atoms with Crippen molar-refractivity contribution in [1.29, 1.82) is 0 Å². The predicted octanol–water partition coefficient (Wildman–Crippen LogP) is 2.96. The first-order valence-electron chi connectivity index (χ1n) is 5.92. The number of aromatic nitrogens is 1. The number of nitro groups is 1. The van der Waals surface area contributed by atoms with Gasteiger partial charge in [-0.05, 0) is 19.9 Å². The molecule has 0 aliphatic carbocycles. The monoisotopic (exact) mass is 295 g/mol. The standard InChI is InChI=1S/C13H14ClN3O3/c1-13(2,18)16(3)10-8-6-4-5-7-9(8)15-12(14)11(10)17(19)20/h4-7,18H,1-3H3. The molecule has 0 aliphatic rings. The van der Waals surface area contributed by atoms with E-state index in [1.54, 1.807) is 45.2 Å². The lowest BCUT2D eigenvalue weighted by Gasteiger charge is -2.32. The van der Waals surface area contributed by atoms with Gasteiger partial charge in [0.1, 0.15) is 11.4 Å². The van der Waals surface area contributed by atoms with Gasteiger partial charge in [-0.2, -0.15) is 0 Å². The molecule has 106 valence electrons. The molecule has 7 heteroatoms. The number of anilines is 1. The van der Waals surface area contributed by atoms with Crippen LogP contribution in [0.3, 0.4) is 0 Å². The molecule has 0 bridgehead atoms. The van der Waals surface area contributed by atoms with Crippen molar-refractivity contribution in [2.45, 2.75) is 19.6 Å². The number of para-hydroxylation sites is 1. The fraction of sp³-hybridized carbons (Fsp3) is 0.308. The van der Waals surface area contributed by atoms with Crippen LogP contribution in [-0.4, -0.2) is 27.8 Å². The van der Waals surface area contributed by atoms with Crippen molar-refractivity contribution >= 4 is 33.9 Å². The maximum absolute atomic E-state index is 11.3. The molecular formula is C13H14ClN3O3. The fourth-order valence-electron chi connectivity index (χ4n) is 1.93. The fourth-order valence-corrected chi connectivity index (χ4v) is 2.18. The van der Waals surface area contributed by atoms with Crippen LogP contribution >= 0.6 is 11.6 Å². The lowest BCUT2D eigenvalue weighted by molar-refractivity contribution is -0.384. The SMILES string of the molecule is CN(c1c([N+](=O)[O-])c(Cl)nc2ccccc12)C(C)(C)O. The van der Waals surface area contributed by atoms with Gasteiger partial charge in [-0.3, -0.25) is 10.1 Å². The summed E-state index contributed by atoms with van der Waals surface area (Å²) in [6.45, 7) is 3.08. The van der Waals surface area contributed by atoms with Gasteiger partial charge in [0.2, 0.25) is 5.15 Å². The molecule has 0 unspecified atom stereocenters. The van der Waals surface area contributed by atoms with Gasteiger partial charge in [0.15, 0.2) is 0 Å². The van der Waals surface area contributed by atoms with Gasteiger partial charge in [-0.15, -0.1) is 0 Å². The van der Waals surface area contributed by atoms with Gasteiger partial charge in [0, 0.05) is 12.4 Å². The number of pyridine rings is 1. The zero-order valence-electron chi connectivity index (χ0n) is 11.3. The van der Waals surface area contributed by atoms with Crippen molar-refractivity contribution in [3.8, 4) is 0 Å². The van der Waals surface area contributed by atoms with E-state index in [9.17, 15) is 15.2 Å². The Balaban J connectivity index is 2.90. The van der Waals surface area contributed by atoms with Crippen LogP contribution in [-0.2, 0) is 0 Å². The number of hydrogen-bond acceptors (Lipinski definition) is 5. The summed E-state index contributed by atoms with van der Waals surface area (Å²) in [5.74, 6) is 0. The predicted molar refractivity (Wildman–Crippen MR) is 78.1 cm³/mol. The van der Waals surface area contributed by atoms with Gasteiger partial charge >= 0.3 is 5.69 Å². The minimum Gasteiger partial charge on any atom is -0.371 e. The molecule has 20 heavy (non-hydrogen) atoms. The first-order chi connectivity index (χ1) is 9.23. The second-order valence-electron chi connectivity index (χ2n) is 4.93. The molecule has 1 aromatic carbocycles. The van der Waals surface area contributed by atoms with E-state index in [2.05, 4.69) is 4.98 Å². The Morgan fingerprint density at radius 3 is 2.55 bits per heavy atom. The largest absolute Gasteiger partial charge is 0.371 e. The lowest BCUT2D eigenvalue weighted by Crippen LogP contribution is -2.41. The van der Waals surface area contributed by atoms with Crippen molar-refractivity contribution < 1.29 is 10.0 Å². The minimum absolute atomic E-state index is 0.195. The number of hydrogen-bond donors (Lipinski definition) is 1. The first-order valence-corrected chi connectivity index (χ1v) is 6.30. The normalized spacial score (nSPS) is 11.7. The van der Waals surface area contributed by atoms with Crippen molar-refractivity contribution in [2.24, 2.45) is 0 Å². The highest BCUT2D eigenvalue weighted by Crippen LogP contribution is 2.41. The van der Waals surface area contributed by atoms with Gasteiger partial charge in [-0.1, -0.05) is 29.8 Å². The van der Waals surface area contributed by atoms with Gasteiger partial charge in [0.05, 0.1) is 10.4 Å². The molecule has 0 spiro atoms. The second kappa shape index (κ2) is 4.88. The van der Waals surface area contributed by atoms with Gasteiger partial charge in [-0.25, -0.2) is 4.98 Å². The molecule has 2 rings (SSSR count). The average molecular weight is 296 g/mol. The average Bonchev–Trinajstić information content (AvgIpc) is 2.34. The summed E-state index contributed by atoms with van der Waals surface area (Å²) in [5.41, 5.74) is -0.805. The zero-order chi connectivity index (χ0) is 15.1. The third kappa shape index (κ3) is 2.39. The molecule has 0 radical (unpaired) electrons. The van der Waals surface area contributed by atoms with E-state index < -0.39 is 10.6 Å². The van der Waals surface area contributed by atoms with Crippen molar-refractivity contribution in [2.75, 3.05) is 11.9 Å². The van der Waals surface area contributed by atoms with Crippen LogP contribution in [0.25, 0.3) is 10.9 Å². The smallest absolute Gasteiger partial charge is 0.330 e. The molecule has 0 amide bonds. The van der Waals surface area contributed by atoms with Crippen molar-refractivity contribution in [3.05, 3.63) is 39.5 Å². The first kappa shape index (κ1) is 14.5. The Labute approximate surface area is 120 Å². The maximum Gasteiger partial charge on any atom is 0.330 e. The summed E-state index contributed by atoms with van der Waals surface area (Å²) in [5, 5.41) is 21.8. The summed E-state index contributed by atoms with van der Waals surface area (Å²) in [6, 6.07) is 6.95. The third-order valence-corrected chi connectivity index (χ3v) is 3.40. The van der Waals surface area contributed by atoms with Crippen LogP contribution in [0.1, 0.15) is 13.8 Å². The number of halogens is 1. The van der Waals surface area contributed by atoms with E-state index in [0.29, 0.717) is 10.9 Å². The van der Waals surface area contributed by atoms with E-state index in [1.807, 2.05) is 0 Å². The molecule has 2 aromatic rings. The molecule has 0 saturated carbocycles. The number of aliphatic hydroxyl groups is 1. The molecule has 0 aliphatic heterocycles. The Bertz CT molecular complexity index is 682. The van der Waals surface area contributed by atoms with Crippen LogP contribution in [0.15, 0.2) is 24.3 Å². The summed E-state index contributed by atoms with van der Waals surface area (Å²) < 4.78 is 0. The quantitative estimate of drug-likeness (QED) is 0.407. The molecule has 0 atom stereocenters. The minimum atomic E-state index is -1.28. The molecule has 6 nitrogen and oxygen atoms in total. The molecule has 0 fully saturated rings. The van der Waals surface area contributed by atoms with Crippen LogP contribution in [0.5, 0.6) is 0 Å². The summed E-state index contributed by atoms with van der Waals surface area (Å²) in [7, 11) is 1.57. The molecule has 1 aromatic heterocycles. The number of nitrogens with zero attached hydrogens (tertiary/aromatic N) is 3. The molecular weight excluding hydrogens is 282 g/mol. The van der Waals surface area contributed by atoms with Gasteiger partial charge in [0.25, 0.3) is 0 Å². The third-order valence-electron chi connectivity index (χ3n) is 3.14. The molecule has 1 N–H and O–H groups in total. The highest BCUT2D eigenvalue weighted by atomic mass is 35.5. The van der Waals surface area contributed by atoms with Gasteiger partial charge < -0.3 is 10.0 Å². The lowest BCUT2D eigenvalue weighted by atomic mass is 10.1. The van der Waals surface area contributed by atoms with Crippen molar-refractivity contribution in [1.82, 2.24) is 4.98 Å². The molecule has 1 heterocycles. The van der Waals surface area contributed by atoms with Crippen LogP contribution in [0.2, 0.25) is 5.15 Å². The summed E-state index contributed by atoms with van der Waals surface area (Å²) >= 11 is 5.94. The Hall–Kier alpha value is -1.92. The summed E-state index contributed by atoms with van der Waals surface area (Å²) in [4.78, 5) is 16.2. The van der Waals surface area contributed by atoms with E-state index >= 15 is 0 Å².